The highest BCUT2D eigenvalue weighted by molar-refractivity contribution is 6.00. The number of hydrogen-bond donors (Lipinski definition) is 1. The van der Waals surface area contributed by atoms with Crippen molar-refractivity contribution in [1.82, 2.24) is 15.0 Å². The lowest BCUT2D eigenvalue weighted by Gasteiger charge is -2.09. The minimum absolute atomic E-state index is 0.0532. The standard InChI is InChI=1S/C13H14N4O4/c1-17-15-9-6-4-5-8(12(9)16-17)14-10(13(19)21-3)7-11(18)20-2/h4-7,14H,1-3H3/b10-7+. The molecule has 2 rings (SSSR count). The van der Waals surface area contributed by atoms with Gasteiger partial charge in [-0.25, -0.2) is 9.59 Å². The normalized spacial score (nSPS) is 11.3. The number of nitrogens with one attached hydrogen (secondary N) is 1. The Kier molecular flexibility index (Phi) is 4.17. The summed E-state index contributed by atoms with van der Waals surface area (Å²) in [6, 6.07) is 5.26. The topological polar surface area (TPSA) is 95.3 Å². The van der Waals surface area contributed by atoms with Crippen molar-refractivity contribution >= 4 is 28.7 Å². The summed E-state index contributed by atoms with van der Waals surface area (Å²) >= 11 is 0. The Morgan fingerprint density at radius 2 is 2.00 bits per heavy atom. The van der Waals surface area contributed by atoms with E-state index in [-0.39, 0.29) is 5.70 Å². The maximum atomic E-state index is 11.7. The van der Waals surface area contributed by atoms with Crippen LogP contribution in [-0.2, 0) is 26.1 Å². The van der Waals surface area contributed by atoms with Crippen molar-refractivity contribution in [2.24, 2.45) is 7.05 Å². The first-order valence-corrected chi connectivity index (χ1v) is 6.00. The molecule has 1 N–H and O–H groups in total. The number of methoxy groups -OCH3 is 2. The van der Waals surface area contributed by atoms with Gasteiger partial charge in [0.05, 0.1) is 26.0 Å². The molecule has 1 heterocycles. The Bertz CT molecular complexity index is 720. The second-order valence-electron chi connectivity index (χ2n) is 4.06. The number of nitrogens with zero attached hydrogens (tertiary/aromatic N) is 3. The second kappa shape index (κ2) is 6.04. The molecular formula is C13H14N4O4. The van der Waals surface area contributed by atoms with Gasteiger partial charge in [0.2, 0.25) is 0 Å². The second-order valence-corrected chi connectivity index (χ2v) is 4.06. The molecule has 0 spiro atoms. The number of aromatic nitrogens is 3. The van der Waals surface area contributed by atoms with Crippen LogP contribution in [0.3, 0.4) is 0 Å². The minimum Gasteiger partial charge on any atom is -0.466 e. The Balaban J connectivity index is 2.41. The third-order valence-electron chi connectivity index (χ3n) is 2.65. The first-order valence-electron chi connectivity index (χ1n) is 6.00. The largest absolute Gasteiger partial charge is 0.466 e. The zero-order chi connectivity index (χ0) is 15.4. The third kappa shape index (κ3) is 3.16. The average Bonchev–Trinajstić information content (AvgIpc) is 2.86. The van der Waals surface area contributed by atoms with E-state index in [1.165, 1.54) is 19.0 Å². The summed E-state index contributed by atoms with van der Waals surface area (Å²) in [5.41, 5.74) is 1.70. The molecule has 8 nitrogen and oxygen atoms in total. The van der Waals surface area contributed by atoms with Gasteiger partial charge >= 0.3 is 11.9 Å². The summed E-state index contributed by atoms with van der Waals surface area (Å²) in [6.45, 7) is 0. The zero-order valence-corrected chi connectivity index (χ0v) is 11.8. The van der Waals surface area contributed by atoms with Crippen LogP contribution in [0.15, 0.2) is 30.0 Å². The SMILES string of the molecule is COC(=O)/C=C(/Nc1cccc2nn(C)nc12)C(=O)OC. The molecule has 0 aliphatic carbocycles. The number of hydrogen-bond acceptors (Lipinski definition) is 7. The number of benzene rings is 1. The van der Waals surface area contributed by atoms with E-state index in [0.29, 0.717) is 16.7 Å². The van der Waals surface area contributed by atoms with Crippen molar-refractivity contribution in [1.29, 1.82) is 0 Å². The number of rotatable bonds is 4. The van der Waals surface area contributed by atoms with Gasteiger partial charge in [0.1, 0.15) is 16.7 Å². The Hall–Kier alpha value is -2.90. The molecule has 1 aromatic carbocycles. The molecule has 0 aliphatic rings. The molecule has 0 atom stereocenters. The van der Waals surface area contributed by atoms with Crippen LogP contribution in [0.2, 0.25) is 0 Å². The van der Waals surface area contributed by atoms with Gasteiger partial charge in [-0.1, -0.05) is 6.07 Å². The lowest BCUT2D eigenvalue weighted by atomic mass is 10.2. The first kappa shape index (κ1) is 14.5. The van der Waals surface area contributed by atoms with Gasteiger partial charge < -0.3 is 14.8 Å². The fourth-order valence-electron chi connectivity index (χ4n) is 1.72. The van der Waals surface area contributed by atoms with Gasteiger partial charge in [0.15, 0.2) is 0 Å². The number of anilines is 1. The van der Waals surface area contributed by atoms with Gasteiger partial charge in [-0.2, -0.15) is 15.0 Å². The number of carbonyl (C=O) groups is 2. The van der Waals surface area contributed by atoms with Crippen molar-refractivity contribution in [3.8, 4) is 0 Å². The van der Waals surface area contributed by atoms with Gasteiger partial charge in [0.25, 0.3) is 0 Å². The fourth-order valence-corrected chi connectivity index (χ4v) is 1.72. The van der Waals surface area contributed by atoms with Crippen molar-refractivity contribution in [2.45, 2.75) is 0 Å². The maximum Gasteiger partial charge on any atom is 0.354 e. The smallest absolute Gasteiger partial charge is 0.354 e. The monoisotopic (exact) mass is 290 g/mol. The number of carbonyl (C=O) groups excluding carboxylic acids is 2. The number of esters is 2. The molecule has 0 bridgehead atoms. The van der Waals surface area contributed by atoms with E-state index in [9.17, 15) is 9.59 Å². The predicted octanol–water partition coefficient (Wildman–Crippen LogP) is 0.610. The quantitative estimate of drug-likeness (QED) is 0.651. The molecule has 110 valence electrons. The summed E-state index contributed by atoms with van der Waals surface area (Å²) in [5, 5.41) is 11.2. The van der Waals surface area contributed by atoms with Crippen molar-refractivity contribution in [3.63, 3.8) is 0 Å². The molecule has 21 heavy (non-hydrogen) atoms. The predicted molar refractivity (Wildman–Crippen MR) is 74.2 cm³/mol. The molecule has 0 saturated carbocycles. The molecule has 0 radical (unpaired) electrons. The molecule has 0 fully saturated rings. The van der Waals surface area contributed by atoms with Crippen LogP contribution >= 0.6 is 0 Å². The minimum atomic E-state index is -0.693. The van der Waals surface area contributed by atoms with E-state index in [1.807, 2.05) is 0 Å². The molecule has 0 saturated heterocycles. The average molecular weight is 290 g/mol. The molecular weight excluding hydrogens is 276 g/mol. The fraction of sp³-hybridized carbons (Fsp3) is 0.231. The summed E-state index contributed by atoms with van der Waals surface area (Å²) < 4.78 is 9.14. The summed E-state index contributed by atoms with van der Waals surface area (Å²) in [4.78, 5) is 24.4. The molecule has 8 heteroatoms. The van der Waals surface area contributed by atoms with Gasteiger partial charge in [-0.3, -0.25) is 0 Å². The highest BCUT2D eigenvalue weighted by Gasteiger charge is 2.15. The van der Waals surface area contributed by atoms with Crippen LogP contribution in [0.1, 0.15) is 0 Å². The number of aryl methyl sites for hydroxylation is 1. The summed E-state index contributed by atoms with van der Waals surface area (Å²) in [7, 11) is 4.13. The van der Waals surface area contributed by atoms with E-state index in [4.69, 9.17) is 0 Å². The van der Waals surface area contributed by atoms with Crippen LogP contribution in [0.25, 0.3) is 11.0 Å². The molecule has 1 aromatic heterocycles. The highest BCUT2D eigenvalue weighted by atomic mass is 16.5. The molecule has 0 unspecified atom stereocenters. The van der Waals surface area contributed by atoms with E-state index in [2.05, 4.69) is 25.0 Å². The summed E-state index contributed by atoms with van der Waals surface area (Å²) in [5.74, 6) is -1.37. The van der Waals surface area contributed by atoms with Crippen LogP contribution in [0, 0.1) is 0 Å². The van der Waals surface area contributed by atoms with Crippen molar-refractivity contribution < 1.29 is 19.1 Å². The van der Waals surface area contributed by atoms with Crippen LogP contribution in [-0.4, -0.2) is 41.2 Å². The van der Waals surface area contributed by atoms with Crippen LogP contribution < -0.4 is 5.32 Å². The molecule has 2 aromatic rings. The van der Waals surface area contributed by atoms with Gasteiger partial charge in [-0.15, -0.1) is 0 Å². The van der Waals surface area contributed by atoms with E-state index < -0.39 is 11.9 Å². The highest BCUT2D eigenvalue weighted by Crippen LogP contribution is 2.21. The first-order chi connectivity index (χ1) is 10.0. The Morgan fingerprint density at radius 3 is 2.67 bits per heavy atom. The van der Waals surface area contributed by atoms with E-state index in [0.717, 1.165) is 6.08 Å². The molecule has 0 amide bonds. The number of ether oxygens (including phenoxy) is 2. The van der Waals surface area contributed by atoms with E-state index in [1.54, 1.807) is 25.2 Å². The zero-order valence-electron chi connectivity index (χ0n) is 11.8. The third-order valence-corrected chi connectivity index (χ3v) is 2.65. The number of fused-ring (bicyclic) bond motifs is 1. The lowest BCUT2D eigenvalue weighted by molar-refractivity contribution is -0.138. The van der Waals surface area contributed by atoms with Crippen molar-refractivity contribution in [3.05, 3.63) is 30.0 Å². The molecule has 0 aliphatic heterocycles. The van der Waals surface area contributed by atoms with Crippen molar-refractivity contribution in [2.75, 3.05) is 19.5 Å². The van der Waals surface area contributed by atoms with Crippen LogP contribution in [0.4, 0.5) is 5.69 Å². The summed E-state index contributed by atoms with van der Waals surface area (Å²) in [6.07, 6.45) is 1.01. The Morgan fingerprint density at radius 1 is 1.24 bits per heavy atom. The van der Waals surface area contributed by atoms with E-state index >= 15 is 0 Å². The lowest BCUT2D eigenvalue weighted by Crippen LogP contribution is -2.15. The van der Waals surface area contributed by atoms with Gasteiger partial charge in [-0.05, 0) is 12.1 Å². The van der Waals surface area contributed by atoms with Gasteiger partial charge in [0, 0.05) is 7.05 Å². The maximum absolute atomic E-state index is 11.7. The Labute approximate surface area is 120 Å². The van der Waals surface area contributed by atoms with Crippen LogP contribution in [0.5, 0.6) is 0 Å².